The lowest BCUT2D eigenvalue weighted by Gasteiger charge is -2.10. The first-order chi connectivity index (χ1) is 17.1. The van der Waals surface area contributed by atoms with Crippen LogP contribution in [0, 0.1) is 0 Å². The van der Waals surface area contributed by atoms with Crippen molar-refractivity contribution < 1.29 is 37.0 Å². The number of benzene rings is 1. The minimum absolute atomic E-state index is 0.108. The number of halogens is 3. The predicted molar refractivity (Wildman–Crippen MR) is 127 cm³/mol. The van der Waals surface area contributed by atoms with Crippen molar-refractivity contribution >= 4 is 23.4 Å². The van der Waals surface area contributed by atoms with Crippen molar-refractivity contribution in [1.82, 2.24) is 14.9 Å². The van der Waals surface area contributed by atoms with Crippen LogP contribution in [0.5, 0.6) is 5.75 Å². The van der Waals surface area contributed by atoms with E-state index in [4.69, 9.17) is 9.47 Å². The maximum Gasteiger partial charge on any atom is 0.573 e. The van der Waals surface area contributed by atoms with E-state index in [0.29, 0.717) is 39.3 Å². The number of alkyl halides is 3. The smallest absolute Gasteiger partial charge is 0.406 e. The zero-order chi connectivity index (χ0) is 26.6. The number of carbonyl (C=O) groups is 2. The van der Waals surface area contributed by atoms with Gasteiger partial charge in [0, 0.05) is 38.7 Å². The van der Waals surface area contributed by atoms with Gasteiger partial charge in [0.25, 0.3) is 5.91 Å². The molecule has 0 fully saturated rings. The molecule has 10 nitrogen and oxygen atoms in total. The third kappa shape index (κ3) is 10.8. The molecular weight excluding hydrogens is 483 g/mol. The highest BCUT2D eigenvalue weighted by molar-refractivity contribution is 5.99. The number of anilines is 2. The minimum Gasteiger partial charge on any atom is -0.406 e. The van der Waals surface area contributed by atoms with Crippen LogP contribution >= 0.6 is 0 Å². The molecule has 13 heteroatoms. The fourth-order valence-electron chi connectivity index (χ4n) is 2.80. The summed E-state index contributed by atoms with van der Waals surface area (Å²) >= 11 is 0. The molecule has 36 heavy (non-hydrogen) atoms. The molecule has 0 aliphatic rings. The Balaban J connectivity index is 1.98. The first-order valence-corrected chi connectivity index (χ1v) is 11.1. The van der Waals surface area contributed by atoms with Crippen molar-refractivity contribution in [2.45, 2.75) is 33.2 Å². The summed E-state index contributed by atoms with van der Waals surface area (Å²) in [5.74, 6) is -0.595. The van der Waals surface area contributed by atoms with E-state index in [2.05, 4.69) is 25.7 Å². The lowest BCUT2D eigenvalue weighted by molar-refractivity contribution is -0.274. The second kappa shape index (κ2) is 14.1. The van der Waals surface area contributed by atoms with Crippen LogP contribution in [0.25, 0.3) is 0 Å². The lowest BCUT2D eigenvalue weighted by atomic mass is 10.3. The molecule has 1 aromatic carbocycles. The van der Waals surface area contributed by atoms with E-state index in [0.717, 1.165) is 17.7 Å². The first-order valence-electron chi connectivity index (χ1n) is 11.1. The van der Waals surface area contributed by atoms with Gasteiger partial charge in [-0.2, -0.15) is 0 Å². The van der Waals surface area contributed by atoms with Crippen LogP contribution < -0.4 is 20.7 Å². The molecule has 0 bridgehead atoms. The van der Waals surface area contributed by atoms with E-state index in [-0.39, 0.29) is 17.3 Å². The number of ether oxygens (including phenoxy) is 3. The van der Waals surface area contributed by atoms with Gasteiger partial charge in [-0.15, -0.1) is 13.2 Å². The Morgan fingerprint density at radius 1 is 1.08 bits per heavy atom. The molecule has 1 aromatic heterocycles. The molecule has 0 aliphatic heterocycles. The number of urea groups is 1. The maximum atomic E-state index is 12.7. The Hall–Kier alpha value is -3.58. The van der Waals surface area contributed by atoms with Gasteiger partial charge >= 0.3 is 12.4 Å². The summed E-state index contributed by atoms with van der Waals surface area (Å²) in [6.07, 6.45) is -0.790. The Labute approximate surface area is 206 Å². The van der Waals surface area contributed by atoms with Crippen LogP contribution in [0.4, 0.5) is 29.5 Å². The SMILES string of the molecule is COCCOCCCNC(=O)c1nc(NC(=O)Nc2ccc(OC(F)(F)F)cc2)cn1CC=C(C)C. The summed E-state index contributed by atoms with van der Waals surface area (Å²) in [7, 11) is 1.59. The van der Waals surface area contributed by atoms with Gasteiger partial charge in [0.2, 0.25) is 5.82 Å². The third-order valence-electron chi connectivity index (χ3n) is 4.45. The number of hydrogen-bond acceptors (Lipinski definition) is 6. The van der Waals surface area contributed by atoms with Gasteiger partial charge in [0.05, 0.1) is 13.2 Å². The van der Waals surface area contributed by atoms with Crippen LogP contribution in [0.15, 0.2) is 42.1 Å². The molecule has 3 N–H and O–H groups in total. The zero-order valence-corrected chi connectivity index (χ0v) is 20.3. The molecule has 0 saturated heterocycles. The average molecular weight is 514 g/mol. The monoisotopic (exact) mass is 513 g/mol. The molecule has 2 aromatic rings. The van der Waals surface area contributed by atoms with E-state index in [9.17, 15) is 22.8 Å². The van der Waals surface area contributed by atoms with Gasteiger partial charge in [0.1, 0.15) is 5.75 Å². The molecule has 2 rings (SSSR count). The maximum absolute atomic E-state index is 12.7. The Bertz CT molecular complexity index is 1020. The molecule has 198 valence electrons. The standard InChI is InChI=1S/C23H30F3N5O5/c1-16(2)9-11-31-15-19(29-20(31)21(32)27-10-4-12-35-14-13-34-3)30-22(33)28-17-5-7-18(8-6-17)36-23(24,25)26/h5-9,15H,4,10-14H2,1-3H3,(H,27,32)(H2,28,30,33). The van der Waals surface area contributed by atoms with Crippen LogP contribution in [-0.2, 0) is 16.0 Å². The summed E-state index contributed by atoms with van der Waals surface area (Å²) in [4.78, 5) is 29.2. The fourth-order valence-corrected chi connectivity index (χ4v) is 2.80. The van der Waals surface area contributed by atoms with Crippen LogP contribution in [-0.4, -0.2) is 61.3 Å². The number of nitrogens with zero attached hydrogens (tertiary/aromatic N) is 2. The first kappa shape index (κ1) is 28.7. The number of rotatable bonds is 13. The fraction of sp³-hybridized carbons (Fsp3) is 0.435. The number of allylic oxidation sites excluding steroid dienone is 2. The molecule has 3 amide bonds. The predicted octanol–water partition coefficient (Wildman–Crippen LogP) is 4.17. The number of aromatic nitrogens is 2. The summed E-state index contributed by atoms with van der Waals surface area (Å²) in [6, 6.07) is 3.97. The van der Waals surface area contributed by atoms with Crippen molar-refractivity contribution in [3.63, 3.8) is 0 Å². The molecule has 0 unspecified atom stereocenters. The number of amides is 3. The van der Waals surface area contributed by atoms with Crippen LogP contribution in [0.2, 0.25) is 0 Å². The van der Waals surface area contributed by atoms with Gasteiger partial charge in [-0.25, -0.2) is 9.78 Å². The highest BCUT2D eigenvalue weighted by Gasteiger charge is 2.31. The number of methoxy groups -OCH3 is 1. The highest BCUT2D eigenvalue weighted by atomic mass is 19.4. The second-order valence-corrected chi connectivity index (χ2v) is 7.75. The van der Waals surface area contributed by atoms with E-state index in [1.165, 1.54) is 18.3 Å². The largest absolute Gasteiger partial charge is 0.573 e. The van der Waals surface area contributed by atoms with Crippen molar-refractivity contribution in [1.29, 1.82) is 0 Å². The Morgan fingerprint density at radius 2 is 1.81 bits per heavy atom. The number of hydrogen-bond donors (Lipinski definition) is 3. The summed E-state index contributed by atoms with van der Waals surface area (Å²) in [5.41, 5.74) is 1.27. The molecule has 0 atom stereocenters. The van der Waals surface area contributed by atoms with Crippen molar-refractivity contribution in [3.8, 4) is 5.75 Å². The van der Waals surface area contributed by atoms with Crippen LogP contribution in [0.1, 0.15) is 30.9 Å². The van der Waals surface area contributed by atoms with E-state index >= 15 is 0 Å². The molecule has 0 aliphatic carbocycles. The second-order valence-electron chi connectivity index (χ2n) is 7.75. The topological polar surface area (TPSA) is 116 Å². The van der Waals surface area contributed by atoms with Gasteiger partial charge in [0.15, 0.2) is 5.82 Å². The summed E-state index contributed by atoms with van der Waals surface area (Å²) < 4.78 is 52.5. The quantitative estimate of drug-likeness (QED) is 0.274. The van der Waals surface area contributed by atoms with Crippen molar-refractivity contribution in [2.24, 2.45) is 0 Å². The van der Waals surface area contributed by atoms with Gasteiger partial charge in [-0.05, 0) is 44.5 Å². The Kier molecular flexibility index (Phi) is 11.2. The molecule has 0 radical (unpaired) electrons. The number of imidazole rings is 1. The number of nitrogens with one attached hydrogen (secondary N) is 3. The highest BCUT2D eigenvalue weighted by Crippen LogP contribution is 2.24. The minimum atomic E-state index is -4.81. The zero-order valence-electron chi connectivity index (χ0n) is 20.3. The van der Waals surface area contributed by atoms with Crippen molar-refractivity contribution in [2.75, 3.05) is 44.1 Å². The third-order valence-corrected chi connectivity index (χ3v) is 4.45. The van der Waals surface area contributed by atoms with Gasteiger partial charge in [-0.3, -0.25) is 10.1 Å². The molecule has 1 heterocycles. The number of carbonyl (C=O) groups excluding carboxylic acids is 2. The van der Waals surface area contributed by atoms with E-state index < -0.39 is 24.1 Å². The van der Waals surface area contributed by atoms with Crippen molar-refractivity contribution in [3.05, 3.63) is 47.9 Å². The Morgan fingerprint density at radius 3 is 2.44 bits per heavy atom. The summed E-state index contributed by atoms with van der Waals surface area (Å²) in [6.45, 7) is 6.00. The molecule has 0 saturated carbocycles. The van der Waals surface area contributed by atoms with E-state index in [1.54, 1.807) is 11.7 Å². The summed E-state index contributed by atoms with van der Waals surface area (Å²) in [5, 5.41) is 7.77. The molecule has 0 spiro atoms. The average Bonchev–Trinajstić information content (AvgIpc) is 3.19. The van der Waals surface area contributed by atoms with E-state index in [1.807, 2.05) is 19.9 Å². The lowest BCUT2D eigenvalue weighted by Crippen LogP contribution is -2.28. The molecular formula is C23H30F3N5O5. The van der Waals surface area contributed by atoms with Gasteiger partial charge < -0.3 is 29.4 Å². The van der Waals surface area contributed by atoms with Crippen LogP contribution in [0.3, 0.4) is 0 Å². The van der Waals surface area contributed by atoms with Gasteiger partial charge in [-0.1, -0.05) is 11.6 Å². The normalized spacial score (nSPS) is 11.1.